The smallest absolute Gasteiger partial charge is 0.242 e. The lowest BCUT2D eigenvalue weighted by Crippen LogP contribution is -2.50. The van der Waals surface area contributed by atoms with Gasteiger partial charge in [0, 0.05) is 32.0 Å². The van der Waals surface area contributed by atoms with Crippen LogP contribution in [0.2, 0.25) is 0 Å². The number of aromatic nitrogens is 2. The monoisotopic (exact) mass is 344 g/mol. The second-order valence-corrected chi connectivity index (χ2v) is 6.35. The Hall–Kier alpha value is -3.21. The maximum atomic E-state index is 12.5. The molecule has 5 nitrogen and oxygen atoms in total. The maximum absolute atomic E-state index is 12.5. The lowest BCUT2D eigenvalue weighted by molar-refractivity contribution is -0.131. The summed E-state index contributed by atoms with van der Waals surface area (Å²) < 4.78 is 0. The van der Waals surface area contributed by atoms with Crippen molar-refractivity contribution in [2.24, 2.45) is 0 Å². The van der Waals surface area contributed by atoms with Crippen LogP contribution >= 0.6 is 0 Å². The molecule has 0 unspecified atom stereocenters. The number of nitrogens with zero attached hydrogens (tertiary/aromatic N) is 4. The highest BCUT2D eigenvalue weighted by Crippen LogP contribution is 2.20. The van der Waals surface area contributed by atoms with Gasteiger partial charge in [-0.25, -0.2) is 9.97 Å². The van der Waals surface area contributed by atoms with Crippen molar-refractivity contribution in [3.8, 4) is 11.1 Å². The lowest BCUT2D eigenvalue weighted by Gasteiger charge is -2.34. The van der Waals surface area contributed by atoms with Gasteiger partial charge >= 0.3 is 0 Å². The molecule has 26 heavy (non-hydrogen) atoms. The minimum atomic E-state index is 0.107. The predicted molar refractivity (Wildman–Crippen MR) is 102 cm³/mol. The van der Waals surface area contributed by atoms with E-state index in [1.54, 1.807) is 18.5 Å². The van der Waals surface area contributed by atoms with Crippen molar-refractivity contribution < 1.29 is 4.79 Å². The first-order valence-corrected chi connectivity index (χ1v) is 8.74. The van der Waals surface area contributed by atoms with E-state index in [9.17, 15) is 4.79 Å². The van der Waals surface area contributed by atoms with Crippen molar-refractivity contribution in [1.82, 2.24) is 14.9 Å². The number of amides is 1. The van der Waals surface area contributed by atoms with Gasteiger partial charge in [-0.2, -0.15) is 0 Å². The molecule has 1 saturated heterocycles. The molecule has 0 N–H and O–H groups in total. The molecule has 0 bridgehead atoms. The van der Waals surface area contributed by atoms with Gasteiger partial charge in [0.25, 0.3) is 0 Å². The van der Waals surface area contributed by atoms with Crippen LogP contribution in [0.5, 0.6) is 0 Å². The molecule has 4 rings (SSSR count). The number of carbonyl (C=O) groups excluding carboxylic acids is 1. The number of benzene rings is 2. The number of hydrogen-bond acceptors (Lipinski definition) is 4. The van der Waals surface area contributed by atoms with Crippen molar-refractivity contribution in [2.75, 3.05) is 24.5 Å². The van der Waals surface area contributed by atoms with Crippen molar-refractivity contribution in [3.63, 3.8) is 0 Å². The molecule has 3 aromatic rings. The molecule has 5 heteroatoms. The van der Waals surface area contributed by atoms with Gasteiger partial charge in [-0.15, -0.1) is 0 Å². The van der Waals surface area contributed by atoms with Gasteiger partial charge in [-0.3, -0.25) is 4.79 Å². The summed E-state index contributed by atoms with van der Waals surface area (Å²) >= 11 is 0. The van der Waals surface area contributed by atoms with Crippen LogP contribution in [-0.2, 0) is 11.3 Å². The summed E-state index contributed by atoms with van der Waals surface area (Å²) in [4.78, 5) is 24.8. The van der Waals surface area contributed by atoms with Crippen LogP contribution < -0.4 is 4.90 Å². The molecule has 0 spiro atoms. The maximum Gasteiger partial charge on any atom is 0.242 e. The first-order chi connectivity index (χ1) is 12.8. The first-order valence-electron chi connectivity index (χ1n) is 8.74. The summed E-state index contributed by atoms with van der Waals surface area (Å²) in [6.07, 6.45) is 3.40. The number of piperazine rings is 1. The van der Waals surface area contributed by atoms with Gasteiger partial charge in [0.2, 0.25) is 11.9 Å². The quantitative estimate of drug-likeness (QED) is 0.730. The minimum absolute atomic E-state index is 0.107. The molecular formula is C21H20N4O. The molecule has 130 valence electrons. The van der Waals surface area contributed by atoms with E-state index in [-0.39, 0.29) is 5.91 Å². The summed E-state index contributed by atoms with van der Waals surface area (Å²) in [5.41, 5.74) is 3.53. The Morgan fingerprint density at radius 1 is 0.808 bits per heavy atom. The Morgan fingerprint density at radius 3 is 2.19 bits per heavy atom. The molecule has 1 aliphatic heterocycles. The van der Waals surface area contributed by atoms with Crippen LogP contribution in [0.3, 0.4) is 0 Å². The van der Waals surface area contributed by atoms with Gasteiger partial charge in [0.1, 0.15) is 6.54 Å². The minimum Gasteiger partial charge on any atom is -0.335 e. The first kappa shape index (κ1) is 16.3. The molecule has 2 heterocycles. The van der Waals surface area contributed by atoms with Crippen molar-refractivity contribution in [1.29, 1.82) is 0 Å². The average molecular weight is 344 g/mol. The number of rotatable bonds is 4. The van der Waals surface area contributed by atoms with Gasteiger partial charge in [-0.1, -0.05) is 54.6 Å². The standard InChI is InChI=1S/C21H20N4O/c26-20-16-25(21-22-11-4-12-23-21)14-13-24(20)15-17-7-9-19(10-8-17)18-5-2-1-3-6-18/h1-12H,13-16H2. The molecule has 0 radical (unpaired) electrons. The second kappa shape index (κ2) is 7.35. The van der Waals surface area contributed by atoms with E-state index in [0.717, 1.165) is 12.1 Å². The molecule has 1 fully saturated rings. The Kier molecular flexibility index (Phi) is 4.60. The third-order valence-corrected chi connectivity index (χ3v) is 4.59. The molecule has 1 aliphatic rings. The zero-order valence-corrected chi connectivity index (χ0v) is 14.5. The van der Waals surface area contributed by atoms with E-state index in [1.165, 1.54) is 11.1 Å². The normalized spacial score (nSPS) is 14.5. The van der Waals surface area contributed by atoms with Gasteiger partial charge in [0.15, 0.2) is 0 Å². The SMILES string of the molecule is O=C1CN(c2ncccn2)CCN1Cc1ccc(-c2ccccc2)cc1. The van der Waals surface area contributed by atoms with Crippen LogP contribution in [-0.4, -0.2) is 40.4 Å². The fourth-order valence-electron chi connectivity index (χ4n) is 3.15. The number of hydrogen-bond donors (Lipinski definition) is 0. The van der Waals surface area contributed by atoms with Gasteiger partial charge in [-0.05, 0) is 22.8 Å². The summed E-state index contributed by atoms with van der Waals surface area (Å²) in [5, 5.41) is 0. The Balaban J connectivity index is 1.40. The molecule has 0 aliphatic carbocycles. The van der Waals surface area contributed by atoms with Crippen molar-refractivity contribution >= 4 is 11.9 Å². The fourth-order valence-corrected chi connectivity index (χ4v) is 3.15. The van der Waals surface area contributed by atoms with Crippen molar-refractivity contribution in [3.05, 3.63) is 78.6 Å². The van der Waals surface area contributed by atoms with Gasteiger partial charge in [0.05, 0.1) is 0 Å². The highest BCUT2D eigenvalue weighted by Gasteiger charge is 2.25. The summed E-state index contributed by atoms with van der Waals surface area (Å²) in [7, 11) is 0. The van der Waals surface area contributed by atoms with E-state index >= 15 is 0 Å². The predicted octanol–water partition coefficient (Wildman–Crippen LogP) is 2.99. The Labute approximate surface area is 152 Å². The second-order valence-electron chi connectivity index (χ2n) is 6.35. The van der Waals surface area contributed by atoms with E-state index < -0.39 is 0 Å². The van der Waals surface area contributed by atoms with Crippen LogP contribution in [0.4, 0.5) is 5.95 Å². The fraction of sp³-hybridized carbons (Fsp3) is 0.190. The summed E-state index contributed by atoms with van der Waals surface area (Å²) in [5.74, 6) is 0.726. The van der Waals surface area contributed by atoms with Crippen LogP contribution in [0, 0.1) is 0 Å². The highest BCUT2D eigenvalue weighted by molar-refractivity contribution is 5.82. The van der Waals surface area contributed by atoms with Crippen molar-refractivity contribution in [2.45, 2.75) is 6.54 Å². The summed E-state index contributed by atoms with van der Waals surface area (Å²) in [6.45, 7) is 2.39. The lowest BCUT2D eigenvalue weighted by atomic mass is 10.0. The van der Waals surface area contributed by atoms with E-state index in [0.29, 0.717) is 25.6 Å². The Bertz CT molecular complexity index is 866. The zero-order chi connectivity index (χ0) is 17.8. The van der Waals surface area contributed by atoms with E-state index in [1.807, 2.05) is 28.0 Å². The molecule has 0 atom stereocenters. The van der Waals surface area contributed by atoms with E-state index in [2.05, 4.69) is 46.4 Å². The van der Waals surface area contributed by atoms with Crippen LogP contribution in [0.15, 0.2) is 73.1 Å². The molecule has 2 aromatic carbocycles. The molecular weight excluding hydrogens is 324 g/mol. The van der Waals surface area contributed by atoms with E-state index in [4.69, 9.17) is 0 Å². The molecule has 1 amide bonds. The summed E-state index contributed by atoms with van der Waals surface area (Å²) in [6, 6.07) is 20.5. The van der Waals surface area contributed by atoms with Gasteiger partial charge < -0.3 is 9.80 Å². The van der Waals surface area contributed by atoms with Crippen LogP contribution in [0.25, 0.3) is 11.1 Å². The largest absolute Gasteiger partial charge is 0.335 e. The average Bonchev–Trinajstić information content (AvgIpc) is 2.71. The third-order valence-electron chi connectivity index (χ3n) is 4.59. The molecule has 0 saturated carbocycles. The molecule has 1 aromatic heterocycles. The number of carbonyl (C=O) groups is 1. The Morgan fingerprint density at radius 2 is 1.50 bits per heavy atom. The highest BCUT2D eigenvalue weighted by atomic mass is 16.2. The third kappa shape index (κ3) is 3.57. The van der Waals surface area contributed by atoms with Crippen LogP contribution in [0.1, 0.15) is 5.56 Å². The zero-order valence-electron chi connectivity index (χ0n) is 14.5. The number of anilines is 1. The topological polar surface area (TPSA) is 49.3 Å².